The zero-order chi connectivity index (χ0) is 15.0. The molecule has 5 heteroatoms. The summed E-state index contributed by atoms with van der Waals surface area (Å²) >= 11 is 0. The number of benzene rings is 2. The predicted octanol–water partition coefficient (Wildman–Crippen LogP) is 2.90. The quantitative estimate of drug-likeness (QED) is 0.843. The second-order valence-corrected chi connectivity index (χ2v) is 4.83. The van der Waals surface area contributed by atoms with E-state index in [0.29, 0.717) is 0 Å². The molecule has 1 aliphatic rings. The van der Waals surface area contributed by atoms with E-state index in [1.165, 1.54) is 0 Å². The Bertz CT molecular complexity index is 626. The summed E-state index contributed by atoms with van der Waals surface area (Å²) in [4.78, 5) is 21.6. The topological polar surface area (TPSA) is 87.1 Å². The van der Waals surface area contributed by atoms with Crippen molar-refractivity contribution in [1.82, 2.24) is 0 Å². The van der Waals surface area contributed by atoms with E-state index in [9.17, 15) is 9.59 Å². The summed E-state index contributed by atoms with van der Waals surface area (Å²) in [5.74, 6) is -1.92. The summed E-state index contributed by atoms with van der Waals surface area (Å²) in [7, 11) is 0. The number of carboxylic acids is 2. The van der Waals surface area contributed by atoms with Crippen LogP contribution in [0.3, 0.4) is 0 Å². The summed E-state index contributed by atoms with van der Waals surface area (Å²) < 4.78 is 5.59. The maximum absolute atomic E-state index is 10.8. The molecule has 0 aromatic heterocycles. The van der Waals surface area contributed by atoms with Gasteiger partial charge in [0.1, 0.15) is 12.2 Å². The molecule has 2 aromatic carbocycles. The minimum atomic E-state index is -0.959. The van der Waals surface area contributed by atoms with Crippen LogP contribution < -0.4 is 0 Å². The largest absolute Gasteiger partial charge is 0.478 e. The fourth-order valence-corrected chi connectivity index (χ4v) is 2.25. The SMILES string of the molecule is O=C(O)c1ccc([C@H]2O[C@H]2c2ccc(C(=O)O)cc2)cc1. The second-order valence-electron chi connectivity index (χ2n) is 4.83. The number of hydrogen-bond donors (Lipinski definition) is 2. The monoisotopic (exact) mass is 284 g/mol. The molecule has 0 radical (unpaired) electrons. The normalized spacial score (nSPS) is 20.0. The highest BCUT2D eigenvalue weighted by molar-refractivity contribution is 5.88. The van der Waals surface area contributed by atoms with Gasteiger partial charge in [0.15, 0.2) is 0 Å². The van der Waals surface area contributed by atoms with Crippen molar-refractivity contribution in [3.63, 3.8) is 0 Å². The molecule has 2 aromatic rings. The average Bonchev–Trinajstić information content (AvgIpc) is 3.28. The Balaban J connectivity index is 1.73. The van der Waals surface area contributed by atoms with Gasteiger partial charge in [-0.1, -0.05) is 24.3 Å². The zero-order valence-electron chi connectivity index (χ0n) is 10.9. The van der Waals surface area contributed by atoms with Gasteiger partial charge >= 0.3 is 11.9 Å². The van der Waals surface area contributed by atoms with Gasteiger partial charge in [-0.15, -0.1) is 0 Å². The van der Waals surface area contributed by atoms with E-state index in [-0.39, 0.29) is 23.3 Å². The van der Waals surface area contributed by atoms with Crippen LogP contribution in [0.5, 0.6) is 0 Å². The van der Waals surface area contributed by atoms with E-state index < -0.39 is 11.9 Å². The highest BCUT2D eigenvalue weighted by Crippen LogP contribution is 2.50. The number of carbonyl (C=O) groups is 2. The van der Waals surface area contributed by atoms with Crippen molar-refractivity contribution in [3.05, 3.63) is 70.8 Å². The highest BCUT2D eigenvalue weighted by atomic mass is 16.6. The molecule has 0 spiro atoms. The van der Waals surface area contributed by atoms with E-state index in [4.69, 9.17) is 14.9 Å². The van der Waals surface area contributed by atoms with Crippen LogP contribution in [0.1, 0.15) is 44.1 Å². The lowest BCUT2D eigenvalue weighted by molar-refractivity contribution is 0.0686. The molecule has 3 rings (SSSR count). The molecule has 0 amide bonds. The van der Waals surface area contributed by atoms with Crippen molar-refractivity contribution in [2.24, 2.45) is 0 Å². The number of hydrogen-bond acceptors (Lipinski definition) is 3. The molecule has 1 fully saturated rings. The van der Waals surface area contributed by atoms with Crippen molar-refractivity contribution >= 4 is 11.9 Å². The summed E-state index contributed by atoms with van der Waals surface area (Å²) in [6.45, 7) is 0. The Morgan fingerprint density at radius 1 is 0.714 bits per heavy atom. The second kappa shape index (κ2) is 5.03. The molecular formula is C16H12O5. The van der Waals surface area contributed by atoms with Crippen molar-refractivity contribution in [2.45, 2.75) is 12.2 Å². The molecule has 5 nitrogen and oxygen atoms in total. The molecule has 0 saturated carbocycles. The number of aromatic carboxylic acids is 2. The van der Waals surface area contributed by atoms with E-state index >= 15 is 0 Å². The predicted molar refractivity (Wildman–Crippen MR) is 73.4 cm³/mol. The number of epoxide rings is 1. The molecule has 1 aliphatic heterocycles. The molecule has 2 atom stereocenters. The Labute approximate surface area is 120 Å². The standard InChI is InChI=1S/C16H12O5/c17-15(18)11-5-1-9(2-6-11)13-14(21-13)10-3-7-12(8-4-10)16(19)20/h1-8,13-14H,(H,17,18)(H,19,20)/t13-,14+. The van der Waals surface area contributed by atoms with E-state index in [1.807, 2.05) is 0 Å². The van der Waals surface area contributed by atoms with Crippen molar-refractivity contribution in [2.75, 3.05) is 0 Å². The lowest BCUT2D eigenvalue weighted by Gasteiger charge is -1.99. The summed E-state index contributed by atoms with van der Waals surface area (Å²) in [6, 6.07) is 13.1. The molecule has 0 bridgehead atoms. The maximum atomic E-state index is 10.8. The Hall–Kier alpha value is -2.66. The van der Waals surface area contributed by atoms with Crippen LogP contribution in [0, 0.1) is 0 Å². The van der Waals surface area contributed by atoms with Crippen LogP contribution in [0.15, 0.2) is 48.5 Å². The number of carboxylic acid groups (broad SMARTS) is 2. The minimum absolute atomic E-state index is 0.108. The molecule has 0 unspecified atom stereocenters. The Morgan fingerprint density at radius 2 is 1.05 bits per heavy atom. The van der Waals surface area contributed by atoms with Gasteiger partial charge in [0, 0.05) is 0 Å². The third kappa shape index (κ3) is 2.64. The van der Waals surface area contributed by atoms with Crippen molar-refractivity contribution in [3.8, 4) is 0 Å². The van der Waals surface area contributed by atoms with Crippen LogP contribution in [0.25, 0.3) is 0 Å². The lowest BCUT2D eigenvalue weighted by atomic mass is 10.0. The van der Waals surface area contributed by atoms with Crippen LogP contribution in [0.2, 0.25) is 0 Å². The fourth-order valence-electron chi connectivity index (χ4n) is 2.25. The van der Waals surface area contributed by atoms with Gasteiger partial charge in [-0.2, -0.15) is 0 Å². The molecule has 1 saturated heterocycles. The third-order valence-electron chi connectivity index (χ3n) is 3.46. The smallest absolute Gasteiger partial charge is 0.335 e. The number of rotatable bonds is 4. The van der Waals surface area contributed by atoms with Crippen molar-refractivity contribution in [1.29, 1.82) is 0 Å². The molecule has 1 heterocycles. The van der Waals surface area contributed by atoms with Gasteiger partial charge in [0.2, 0.25) is 0 Å². The molecule has 106 valence electrons. The first-order chi connectivity index (χ1) is 10.1. The van der Waals surface area contributed by atoms with Gasteiger partial charge in [-0.05, 0) is 35.4 Å². The van der Waals surface area contributed by atoms with Gasteiger partial charge < -0.3 is 14.9 Å². The summed E-state index contributed by atoms with van der Waals surface area (Å²) in [5, 5.41) is 17.7. The van der Waals surface area contributed by atoms with Crippen LogP contribution in [-0.2, 0) is 4.74 Å². The van der Waals surface area contributed by atoms with Crippen LogP contribution in [0.4, 0.5) is 0 Å². The van der Waals surface area contributed by atoms with Crippen LogP contribution >= 0.6 is 0 Å². The molecule has 21 heavy (non-hydrogen) atoms. The fraction of sp³-hybridized carbons (Fsp3) is 0.125. The average molecular weight is 284 g/mol. The van der Waals surface area contributed by atoms with E-state index in [2.05, 4.69) is 0 Å². The first kappa shape index (κ1) is 13.3. The van der Waals surface area contributed by atoms with Gasteiger partial charge in [-0.25, -0.2) is 9.59 Å². The van der Waals surface area contributed by atoms with Gasteiger partial charge in [0.25, 0.3) is 0 Å². The number of ether oxygens (including phenoxy) is 1. The maximum Gasteiger partial charge on any atom is 0.335 e. The van der Waals surface area contributed by atoms with Crippen LogP contribution in [-0.4, -0.2) is 22.2 Å². The zero-order valence-corrected chi connectivity index (χ0v) is 10.9. The van der Waals surface area contributed by atoms with Gasteiger partial charge in [-0.3, -0.25) is 0 Å². The Kier molecular flexibility index (Phi) is 3.19. The van der Waals surface area contributed by atoms with Gasteiger partial charge in [0.05, 0.1) is 11.1 Å². The van der Waals surface area contributed by atoms with E-state index in [0.717, 1.165) is 11.1 Å². The Morgan fingerprint density at radius 3 is 1.33 bits per heavy atom. The third-order valence-corrected chi connectivity index (χ3v) is 3.46. The molecular weight excluding hydrogens is 272 g/mol. The lowest BCUT2D eigenvalue weighted by Crippen LogP contribution is -1.96. The molecule has 0 aliphatic carbocycles. The van der Waals surface area contributed by atoms with E-state index in [1.54, 1.807) is 48.5 Å². The first-order valence-electron chi connectivity index (χ1n) is 6.38. The highest BCUT2D eigenvalue weighted by Gasteiger charge is 2.41. The summed E-state index contributed by atoms with van der Waals surface area (Å²) in [6.07, 6.45) is -0.216. The first-order valence-corrected chi connectivity index (χ1v) is 6.38. The minimum Gasteiger partial charge on any atom is -0.478 e. The van der Waals surface area contributed by atoms with Crippen molar-refractivity contribution < 1.29 is 24.5 Å². The molecule has 2 N–H and O–H groups in total. The summed E-state index contributed by atoms with van der Waals surface area (Å²) in [5.41, 5.74) is 2.29.